The summed E-state index contributed by atoms with van der Waals surface area (Å²) in [5, 5.41) is 4.06. The van der Waals surface area contributed by atoms with Gasteiger partial charge in [0.05, 0.1) is 0 Å². The number of hydrogen-bond donors (Lipinski definition) is 0. The van der Waals surface area contributed by atoms with E-state index < -0.39 is 0 Å². The smallest absolute Gasteiger partial charge is 0.138 e. The molecule has 2 aromatic rings. The summed E-state index contributed by atoms with van der Waals surface area (Å²) in [6.07, 6.45) is 3.37. The molecule has 0 radical (unpaired) electrons. The molecule has 0 atom stereocenters. The number of benzene rings is 1. The number of halogens is 1. The molecule has 0 unspecified atom stereocenters. The molecule has 1 aromatic heterocycles. The average molecular weight is 292 g/mol. The lowest BCUT2D eigenvalue weighted by molar-refractivity contribution is 0.290. The first-order valence-corrected chi connectivity index (χ1v) is 7.41. The Morgan fingerprint density at radius 2 is 2.11 bits per heavy atom. The van der Waals surface area contributed by atoms with Gasteiger partial charge in [-0.05, 0) is 17.6 Å². The average Bonchev–Trinajstić information content (AvgIpc) is 2.86. The summed E-state index contributed by atoms with van der Waals surface area (Å²) >= 11 is 7.29. The van der Waals surface area contributed by atoms with E-state index in [-0.39, 0.29) is 0 Å². The van der Waals surface area contributed by atoms with Crippen molar-refractivity contribution in [3.8, 4) is 0 Å². The van der Waals surface area contributed by atoms with Crippen LogP contribution < -0.4 is 0 Å². The number of hydrogen-bond acceptors (Lipinski definition) is 4. The van der Waals surface area contributed by atoms with E-state index in [2.05, 4.69) is 50.9 Å². The Morgan fingerprint density at radius 1 is 1.26 bits per heavy atom. The van der Waals surface area contributed by atoms with Crippen molar-refractivity contribution in [1.82, 2.24) is 14.5 Å². The topological polar surface area (TPSA) is 29.0 Å². The SMILES string of the molecule is Clc1snnc1CN1CC=C(c2ccccc2)CC1. The minimum absolute atomic E-state index is 0.706. The molecule has 0 fully saturated rings. The molecule has 1 aliphatic rings. The normalized spacial score (nSPS) is 16.4. The summed E-state index contributed by atoms with van der Waals surface area (Å²) < 4.78 is 4.57. The summed E-state index contributed by atoms with van der Waals surface area (Å²) in [7, 11) is 0. The maximum Gasteiger partial charge on any atom is 0.138 e. The van der Waals surface area contributed by atoms with Crippen LogP contribution in [0, 0.1) is 0 Å². The van der Waals surface area contributed by atoms with Crippen LogP contribution in [0.3, 0.4) is 0 Å². The van der Waals surface area contributed by atoms with Crippen LogP contribution in [0.4, 0.5) is 0 Å². The van der Waals surface area contributed by atoms with E-state index in [1.54, 1.807) is 0 Å². The van der Waals surface area contributed by atoms with Crippen LogP contribution in [-0.4, -0.2) is 27.6 Å². The summed E-state index contributed by atoms with van der Waals surface area (Å²) in [6.45, 7) is 2.76. The lowest BCUT2D eigenvalue weighted by Gasteiger charge is -2.25. The highest BCUT2D eigenvalue weighted by Crippen LogP contribution is 2.24. The van der Waals surface area contributed by atoms with Crippen molar-refractivity contribution in [2.75, 3.05) is 13.1 Å². The first-order valence-electron chi connectivity index (χ1n) is 6.26. The highest BCUT2D eigenvalue weighted by molar-refractivity contribution is 7.10. The van der Waals surface area contributed by atoms with Crippen molar-refractivity contribution < 1.29 is 0 Å². The van der Waals surface area contributed by atoms with Crippen LogP contribution in [-0.2, 0) is 6.54 Å². The van der Waals surface area contributed by atoms with E-state index in [0.717, 1.165) is 31.7 Å². The highest BCUT2D eigenvalue weighted by atomic mass is 35.5. The van der Waals surface area contributed by atoms with E-state index in [1.165, 1.54) is 22.7 Å². The molecule has 0 bridgehead atoms. The van der Waals surface area contributed by atoms with E-state index in [4.69, 9.17) is 11.6 Å². The maximum atomic E-state index is 6.04. The van der Waals surface area contributed by atoms with Crippen molar-refractivity contribution in [3.63, 3.8) is 0 Å². The van der Waals surface area contributed by atoms with Crippen LogP contribution in [0.1, 0.15) is 17.7 Å². The second-order valence-electron chi connectivity index (χ2n) is 4.57. The number of aromatic nitrogens is 2. The second kappa shape index (κ2) is 5.82. The van der Waals surface area contributed by atoms with Gasteiger partial charge in [0.15, 0.2) is 0 Å². The zero-order valence-electron chi connectivity index (χ0n) is 10.4. The molecule has 0 spiro atoms. The third-order valence-electron chi connectivity index (χ3n) is 3.32. The molecule has 0 saturated carbocycles. The van der Waals surface area contributed by atoms with Gasteiger partial charge in [0.2, 0.25) is 0 Å². The molecule has 3 nitrogen and oxygen atoms in total. The van der Waals surface area contributed by atoms with E-state index in [0.29, 0.717) is 4.34 Å². The summed E-state index contributed by atoms with van der Waals surface area (Å²) in [4.78, 5) is 2.34. The molecule has 1 aliphatic heterocycles. The Kier molecular flexibility index (Phi) is 3.92. The van der Waals surface area contributed by atoms with Crippen LogP contribution in [0.5, 0.6) is 0 Å². The van der Waals surface area contributed by atoms with Crippen LogP contribution in [0.2, 0.25) is 4.34 Å². The van der Waals surface area contributed by atoms with Crippen molar-refractivity contribution in [1.29, 1.82) is 0 Å². The van der Waals surface area contributed by atoms with E-state index >= 15 is 0 Å². The lowest BCUT2D eigenvalue weighted by Crippen LogP contribution is -2.28. The Balaban J connectivity index is 1.66. The minimum atomic E-state index is 0.706. The first-order chi connectivity index (χ1) is 9.33. The molecule has 3 rings (SSSR count). The minimum Gasteiger partial charge on any atom is -0.293 e. The van der Waals surface area contributed by atoms with Gasteiger partial charge in [0.25, 0.3) is 0 Å². The summed E-state index contributed by atoms with van der Waals surface area (Å²) in [5.74, 6) is 0. The highest BCUT2D eigenvalue weighted by Gasteiger charge is 2.15. The zero-order valence-corrected chi connectivity index (χ0v) is 12.0. The van der Waals surface area contributed by atoms with E-state index in [9.17, 15) is 0 Å². The zero-order chi connectivity index (χ0) is 13.1. The largest absolute Gasteiger partial charge is 0.293 e. The lowest BCUT2D eigenvalue weighted by atomic mass is 9.99. The van der Waals surface area contributed by atoms with Crippen molar-refractivity contribution in [2.45, 2.75) is 13.0 Å². The van der Waals surface area contributed by atoms with Gasteiger partial charge in [-0.1, -0.05) is 52.5 Å². The van der Waals surface area contributed by atoms with Crippen LogP contribution in [0.25, 0.3) is 5.57 Å². The van der Waals surface area contributed by atoms with Gasteiger partial charge in [-0.15, -0.1) is 5.10 Å². The molecule has 0 amide bonds. The van der Waals surface area contributed by atoms with Crippen molar-refractivity contribution >= 4 is 28.7 Å². The molecule has 98 valence electrons. The Morgan fingerprint density at radius 3 is 2.74 bits per heavy atom. The number of nitrogens with zero attached hydrogens (tertiary/aromatic N) is 3. The Hall–Kier alpha value is -1.23. The fourth-order valence-corrected chi connectivity index (χ4v) is 2.88. The molecular formula is C14H14ClN3S. The van der Waals surface area contributed by atoms with Gasteiger partial charge < -0.3 is 0 Å². The van der Waals surface area contributed by atoms with Gasteiger partial charge in [0.1, 0.15) is 10.0 Å². The molecular weight excluding hydrogens is 278 g/mol. The van der Waals surface area contributed by atoms with Gasteiger partial charge in [-0.2, -0.15) is 0 Å². The predicted molar refractivity (Wildman–Crippen MR) is 79.2 cm³/mol. The van der Waals surface area contributed by atoms with Crippen molar-refractivity contribution in [3.05, 3.63) is 52.0 Å². The van der Waals surface area contributed by atoms with Gasteiger partial charge in [0, 0.05) is 31.2 Å². The molecule has 1 aromatic carbocycles. The predicted octanol–water partition coefficient (Wildman–Crippen LogP) is 3.48. The molecule has 0 N–H and O–H groups in total. The molecule has 19 heavy (non-hydrogen) atoms. The van der Waals surface area contributed by atoms with Gasteiger partial charge in [-0.25, -0.2) is 0 Å². The summed E-state index contributed by atoms with van der Waals surface area (Å²) in [6, 6.07) is 10.6. The van der Waals surface area contributed by atoms with Crippen LogP contribution in [0.15, 0.2) is 36.4 Å². The number of rotatable bonds is 3. The summed E-state index contributed by atoms with van der Waals surface area (Å²) in [5.41, 5.74) is 3.65. The fraction of sp³-hybridized carbons (Fsp3) is 0.286. The molecule has 0 saturated heterocycles. The Bertz CT molecular complexity index is 579. The van der Waals surface area contributed by atoms with Crippen LogP contribution >= 0.6 is 23.1 Å². The second-order valence-corrected chi connectivity index (χ2v) is 5.93. The molecule has 5 heteroatoms. The quantitative estimate of drug-likeness (QED) is 0.867. The maximum absolute atomic E-state index is 6.04. The first kappa shape index (κ1) is 12.8. The Labute approximate surface area is 121 Å². The van der Waals surface area contributed by atoms with Gasteiger partial charge >= 0.3 is 0 Å². The monoisotopic (exact) mass is 291 g/mol. The molecule has 0 aliphatic carbocycles. The van der Waals surface area contributed by atoms with Gasteiger partial charge in [-0.3, -0.25) is 4.90 Å². The fourth-order valence-electron chi connectivity index (χ4n) is 2.27. The van der Waals surface area contributed by atoms with Crippen molar-refractivity contribution in [2.24, 2.45) is 0 Å². The standard InChI is InChI=1S/C14H14ClN3S/c15-14-13(16-17-19-14)10-18-8-6-12(7-9-18)11-4-2-1-3-5-11/h1-6H,7-10H2. The third kappa shape index (κ3) is 3.03. The van der Waals surface area contributed by atoms with E-state index in [1.807, 2.05) is 0 Å². The third-order valence-corrected chi connectivity index (χ3v) is 4.30. The molecule has 2 heterocycles.